The van der Waals surface area contributed by atoms with Gasteiger partial charge in [-0.05, 0) is 15.9 Å². The van der Waals surface area contributed by atoms with Crippen molar-refractivity contribution in [1.29, 1.82) is 0 Å². The second kappa shape index (κ2) is 4.07. The third-order valence-corrected chi connectivity index (χ3v) is 2.44. The average molecular weight is 337 g/mol. The number of hydrogen-bond acceptors (Lipinski definition) is 1. The molecule has 9 heteroatoms. The molecule has 13 heavy (non-hydrogen) atoms. The summed E-state index contributed by atoms with van der Waals surface area (Å²) in [6.07, 6.45) is -11.0. The summed E-state index contributed by atoms with van der Waals surface area (Å²) in [5.41, 5.74) is 0. The van der Waals surface area contributed by atoms with Gasteiger partial charge in [-0.1, -0.05) is 15.9 Å². The highest BCUT2D eigenvalue weighted by molar-refractivity contribution is 9.14. The van der Waals surface area contributed by atoms with Crippen LogP contribution in [0.1, 0.15) is 0 Å². The molecule has 0 aromatic heterocycles. The van der Waals surface area contributed by atoms with Crippen molar-refractivity contribution < 1.29 is 26.3 Å². The SMILES string of the molecule is FC(F)(F)N(/C(Br)=C/Br)C(F)(F)F. The van der Waals surface area contributed by atoms with Crippen molar-refractivity contribution in [3.8, 4) is 0 Å². The first-order chi connectivity index (χ1) is 5.60. The summed E-state index contributed by atoms with van der Waals surface area (Å²) in [5.74, 6) is 0. The molecule has 1 nitrogen and oxygen atoms in total. The standard InChI is InChI=1S/C4HBr2F6N/c5-1-2(6)13(3(7,8)9)4(10,11)12/h1H/b2-1+. The van der Waals surface area contributed by atoms with E-state index in [2.05, 4.69) is 31.9 Å². The second-order valence-electron chi connectivity index (χ2n) is 1.70. The fraction of sp³-hybridized carbons (Fsp3) is 0.500. The minimum Gasteiger partial charge on any atom is -0.186 e. The van der Waals surface area contributed by atoms with Crippen molar-refractivity contribution in [3.05, 3.63) is 9.59 Å². The first kappa shape index (κ1) is 13.1. The van der Waals surface area contributed by atoms with Crippen LogP contribution in [-0.2, 0) is 0 Å². The van der Waals surface area contributed by atoms with Gasteiger partial charge in [-0.25, -0.2) is 0 Å². The predicted octanol–water partition coefficient (Wildman–Crippen LogP) is 3.92. The molecule has 0 atom stereocenters. The van der Waals surface area contributed by atoms with Crippen molar-refractivity contribution >= 4 is 31.9 Å². The quantitative estimate of drug-likeness (QED) is 0.518. The molecule has 0 rings (SSSR count). The van der Waals surface area contributed by atoms with E-state index in [-0.39, 0.29) is 0 Å². The fourth-order valence-electron chi connectivity index (χ4n) is 0.435. The smallest absolute Gasteiger partial charge is 0.186 e. The molecule has 0 unspecified atom stereocenters. The average Bonchev–Trinajstić information content (AvgIpc) is 1.80. The highest BCUT2D eigenvalue weighted by atomic mass is 79.9. The fourth-order valence-corrected chi connectivity index (χ4v) is 1.04. The molecule has 0 aromatic rings. The molecule has 0 amide bonds. The molecule has 0 fully saturated rings. The van der Waals surface area contributed by atoms with Gasteiger partial charge in [-0.2, -0.15) is 4.90 Å². The number of alkyl halides is 6. The maximum absolute atomic E-state index is 11.8. The monoisotopic (exact) mass is 335 g/mol. The Balaban J connectivity index is 5.01. The molecule has 0 saturated carbocycles. The van der Waals surface area contributed by atoms with Crippen LogP contribution < -0.4 is 0 Å². The van der Waals surface area contributed by atoms with Crippen molar-refractivity contribution in [3.63, 3.8) is 0 Å². The van der Waals surface area contributed by atoms with Gasteiger partial charge in [0.1, 0.15) is 4.61 Å². The predicted molar refractivity (Wildman–Crippen MR) is 39.9 cm³/mol. The molecule has 0 aliphatic rings. The van der Waals surface area contributed by atoms with Crippen LogP contribution in [0.3, 0.4) is 0 Å². The van der Waals surface area contributed by atoms with E-state index < -0.39 is 22.1 Å². The van der Waals surface area contributed by atoms with E-state index in [0.29, 0.717) is 4.99 Å². The number of nitrogens with zero attached hydrogens (tertiary/aromatic N) is 1. The molecule has 0 spiro atoms. The lowest BCUT2D eigenvalue weighted by molar-refractivity contribution is -0.355. The largest absolute Gasteiger partial charge is 0.492 e. The van der Waals surface area contributed by atoms with Crippen molar-refractivity contribution in [1.82, 2.24) is 4.90 Å². The topological polar surface area (TPSA) is 3.24 Å². The molecule has 0 aliphatic carbocycles. The Morgan fingerprint density at radius 3 is 1.38 bits per heavy atom. The molecular formula is C4HBr2F6N. The first-order valence-electron chi connectivity index (χ1n) is 2.50. The van der Waals surface area contributed by atoms with E-state index in [1.54, 1.807) is 0 Å². The van der Waals surface area contributed by atoms with E-state index in [4.69, 9.17) is 0 Å². The molecule has 0 radical (unpaired) electrons. The zero-order valence-electron chi connectivity index (χ0n) is 5.55. The summed E-state index contributed by atoms with van der Waals surface area (Å²) in [6.45, 7) is 0. The molecule has 0 bridgehead atoms. The summed E-state index contributed by atoms with van der Waals surface area (Å²) in [5, 5.41) is 0. The maximum atomic E-state index is 11.8. The minimum atomic E-state index is -5.51. The number of hydrogen-bond donors (Lipinski definition) is 0. The molecular weight excluding hydrogens is 336 g/mol. The summed E-state index contributed by atoms with van der Waals surface area (Å²) in [7, 11) is 0. The summed E-state index contributed by atoms with van der Waals surface area (Å²) in [4.78, 5) is -1.21. The highest BCUT2D eigenvalue weighted by Crippen LogP contribution is 2.39. The highest BCUT2D eigenvalue weighted by Gasteiger charge is 2.54. The van der Waals surface area contributed by atoms with Crippen molar-refractivity contribution in [2.75, 3.05) is 0 Å². The lowest BCUT2D eigenvalue weighted by atomic mass is 10.7. The van der Waals surface area contributed by atoms with Crippen LogP contribution in [-0.4, -0.2) is 17.5 Å². The van der Waals surface area contributed by atoms with Crippen molar-refractivity contribution in [2.24, 2.45) is 0 Å². The Morgan fingerprint density at radius 1 is 1.00 bits per heavy atom. The van der Waals surface area contributed by atoms with Crippen LogP contribution in [0.25, 0.3) is 0 Å². The van der Waals surface area contributed by atoms with Gasteiger partial charge in [-0.3, -0.25) is 0 Å². The van der Waals surface area contributed by atoms with Crippen molar-refractivity contribution in [2.45, 2.75) is 12.6 Å². The van der Waals surface area contributed by atoms with Crippen LogP contribution in [0, 0.1) is 0 Å². The Kier molecular flexibility index (Phi) is 4.10. The number of halogens is 8. The van der Waals surface area contributed by atoms with Gasteiger partial charge in [0.05, 0.1) is 0 Å². The summed E-state index contributed by atoms with van der Waals surface area (Å²) in [6, 6.07) is 0. The molecule has 0 aromatic carbocycles. The van der Waals surface area contributed by atoms with E-state index in [1.165, 1.54) is 0 Å². The first-order valence-corrected chi connectivity index (χ1v) is 4.21. The second-order valence-corrected chi connectivity index (χ2v) is 2.97. The Bertz CT molecular complexity index is 192. The Morgan fingerprint density at radius 2 is 1.31 bits per heavy atom. The van der Waals surface area contributed by atoms with E-state index in [0.717, 1.165) is 0 Å². The zero-order chi connectivity index (χ0) is 10.9. The minimum absolute atomic E-state index is 0.466. The molecule has 78 valence electrons. The normalized spacial score (nSPS) is 14.6. The van der Waals surface area contributed by atoms with E-state index in [9.17, 15) is 26.3 Å². The van der Waals surface area contributed by atoms with Gasteiger partial charge in [0.25, 0.3) is 0 Å². The van der Waals surface area contributed by atoms with Gasteiger partial charge in [0.2, 0.25) is 0 Å². The maximum Gasteiger partial charge on any atom is 0.492 e. The lowest BCUT2D eigenvalue weighted by Gasteiger charge is -2.27. The summed E-state index contributed by atoms with van der Waals surface area (Å²) >= 11 is 4.46. The van der Waals surface area contributed by atoms with Gasteiger partial charge in [0, 0.05) is 4.99 Å². The van der Waals surface area contributed by atoms with Gasteiger partial charge in [-0.15, -0.1) is 26.3 Å². The van der Waals surface area contributed by atoms with Crippen LogP contribution >= 0.6 is 31.9 Å². The van der Waals surface area contributed by atoms with E-state index >= 15 is 0 Å². The number of rotatable bonds is 1. The third-order valence-electron chi connectivity index (χ3n) is 0.811. The van der Waals surface area contributed by atoms with E-state index in [1.807, 2.05) is 0 Å². The van der Waals surface area contributed by atoms with Crippen LogP contribution in [0.15, 0.2) is 9.59 Å². The van der Waals surface area contributed by atoms with Crippen LogP contribution in [0.5, 0.6) is 0 Å². The third kappa shape index (κ3) is 3.75. The van der Waals surface area contributed by atoms with Gasteiger partial charge in [0.15, 0.2) is 0 Å². The Labute approximate surface area is 85.6 Å². The summed E-state index contributed by atoms with van der Waals surface area (Å²) < 4.78 is 69.4. The molecule has 0 saturated heterocycles. The molecule has 0 aliphatic heterocycles. The van der Waals surface area contributed by atoms with Crippen LogP contribution in [0.4, 0.5) is 26.3 Å². The van der Waals surface area contributed by atoms with Gasteiger partial charge < -0.3 is 0 Å². The zero-order valence-corrected chi connectivity index (χ0v) is 8.72. The van der Waals surface area contributed by atoms with Gasteiger partial charge >= 0.3 is 12.6 Å². The molecule has 0 N–H and O–H groups in total. The Hall–Kier alpha value is 0.0800. The molecule has 0 heterocycles. The van der Waals surface area contributed by atoms with Crippen LogP contribution in [0.2, 0.25) is 0 Å². The lowest BCUT2D eigenvalue weighted by Crippen LogP contribution is -2.45.